The van der Waals surface area contributed by atoms with Gasteiger partial charge in [-0.25, -0.2) is 5.43 Å². The number of halogens is 1. The lowest BCUT2D eigenvalue weighted by molar-refractivity contribution is 0.267. The molecule has 0 radical (unpaired) electrons. The molecule has 3 N–H and O–H groups in total. The van der Waals surface area contributed by atoms with Crippen molar-refractivity contribution in [2.24, 2.45) is 5.84 Å². The highest BCUT2D eigenvalue weighted by Crippen LogP contribution is 2.23. The predicted molar refractivity (Wildman–Crippen MR) is 84.7 cm³/mol. The fraction of sp³-hybridized carbons (Fsp3) is 0.250. The van der Waals surface area contributed by atoms with Gasteiger partial charge < -0.3 is 9.47 Å². The standard InChI is InChI=1S/C16H19ClN2O2/c1-11-9-14(20-2)7-8-15(11)16(19-18)10-21-13-5-3-12(17)4-6-13/h3-9,16,19H,10,18H2,1-2H3. The minimum Gasteiger partial charge on any atom is -0.497 e. The highest BCUT2D eigenvalue weighted by atomic mass is 35.5. The molecule has 2 rings (SSSR count). The number of methoxy groups -OCH3 is 1. The van der Waals surface area contributed by atoms with Gasteiger partial charge in [0.25, 0.3) is 0 Å². The van der Waals surface area contributed by atoms with E-state index in [-0.39, 0.29) is 6.04 Å². The van der Waals surface area contributed by atoms with Gasteiger partial charge in [-0.05, 0) is 54.4 Å². The number of rotatable bonds is 6. The van der Waals surface area contributed by atoms with Crippen molar-refractivity contribution < 1.29 is 9.47 Å². The average molecular weight is 307 g/mol. The number of nitrogens with one attached hydrogen (secondary N) is 1. The van der Waals surface area contributed by atoms with Crippen LogP contribution in [0.2, 0.25) is 5.02 Å². The Morgan fingerprint density at radius 1 is 1.14 bits per heavy atom. The van der Waals surface area contributed by atoms with E-state index in [0.717, 1.165) is 22.6 Å². The first kappa shape index (κ1) is 15.6. The van der Waals surface area contributed by atoms with Crippen LogP contribution in [0.1, 0.15) is 17.2 Å². The van der Waals surface area contributed by atoms with Crippen LogP contribution in [-0.4, -0.2) is 13.7 Å². The smallest absolute Gasteiger partial charge is 0.119 e. The number of hydrogen-bond donors (Lipinski definition) is 2. The third-order valence-corrected chi connectivity index (χ3v) is 3.54. The van der Waals surface area contributed by atoms with Crippen LogP contribution < -0.4 is 20.7 Å². The van der Waals surface area contributed by atoms with Crippen LogP contribution in [-0.2, 0) is 0 Å². The summed E-state index contributed by atoms with van der Waals surface area (Å²) in [5, 5.41) is 0.682. The zero-order valence-corrected chi connectivity index (χ0v) is 12.9. The Morgan fingerprint density at radius 3 is 2.38 bits per heavy atom. The second-order valence-electron chi connectivity index (χ2n) is 4.71. The number of ether oxygens (including phenoxy) is 2. The van der Waals surface area contributed by atoms with E-state index in [1.807, 2.05) is 37.3 Å². The summed E-state index contributed by atoms with van der Waals surface area (Å²) in [4.78, 5) is 0. The van der Waals surface area contributed by atoms with Gasteiger partial charge in [0.15, 0.2) is 0 Å². The molecule has 5 heteroatoms. The van der Waals surface area contributed by atoms with Gasteiger partial charge >= 0.3 is 0 Å². The normalized spacial score (nSPS) is 12.0. The average Bonchev–Trinajstić information content (AvgIpc) is 2.50. The molecule has 0 aromatic heterocycles. The van der Waals surface area contributed by atoms with Crippen LogP contribution >= 0.6 is 11.6 Å². The van der Waals surface area contributed by atoms with Gasteiger partial charge in [0, 0.05) is 5.02 Å². The molecule has 0 heterocycles. The third kappa shape index (κ3) is 4.11. The van der Waals surface area contributed by atoms with Crippen molar-refractivity contribution in [2.45, 2.75) is 13.0 Å². The minimum absolute atomic E-state index is 0.105. The van der Waals surface area contributed by atoms with Crippen LogP contribution in [0.3, 0.4) is 0 Å². The minimum atomic E-state index is -0.105. The van der Waals surface area contributed by atoms with Crippen LogP contribution in [0.15, 0.2) is 42.5 Å². The van der Waals surface area contributed by atoms with Crippen molar-refractivity contribution >= 4 is 11.6 Å². The Morgan fingerprint density at radius 2 is 1.81 bits per heavy atom. The Hall–Kier alpha value is -1.75. The fourth-order valence-corrected chi connectivity index (χ4v) is 2.23. The Bertz CT molecular complexity index is 587. The van der Waals surface area contributed by atoms with Crippen molar-refractivity contribution in [3.05, 3.63) is 58.6 Å². The van der Waals surface area contributed by atoms with Gasteiger partial charge in [0.2, 0.25) is 0 Å². The first-order valence-electron chi connectivity index (χ1n) is 6.63. The zero-order valence-electron chi connectivity index (χ0n) is 12.1. The van der Waals surface area contributed by atoms with Crippen LogP contribution in [0.25, 0.3) is 0 Å². The molecule has 1 unspecified atom stereocenters. The molecule has 0 aliphatic heterocycles. The molecule has 112 valence electrons. The van der Waals surface area contributed by atoms with E-state index in [9.17, 15) is 0 Å². The van der Waals surface area contributed by atoms with Gasteiger partial charge in [-0.1, -0.05) is 17.7 Å². The van der Waals surface area contributed by atoms with E-state index in [1.54, 1.807) is 19.2 Å². The van der Waals surface area contributed by atoms with Crippen molar-refractivity contribution in [3.63, 3.8) is 0 Å². The molecule has 1 atom stereocenters. The number of nitrogens with two attached hydrogens (primary N) is 1. The Labute approximate surface area is 129 Å². The molecule has 2 aromatic carbocycles. The van der Waals surface area contributed by atoms with Gasteiger partial charge in [-0.2, -0.15) is 0 Å². The molecule has 0 spiro atoms. The summed E-state index contributed by atoms with van der Waals surface area (Å²) in [7, 11) is 1.65. The lowest BCUT2D eigenvalue weighted by atomic mass is 10.0. The van der Waals surface area contributed by atoms with Crippen LogP contribution in [0, 0.1) is 6.92 Å². The van der Waals surface area contributed by atoms with Gasteiger partial charge in [0.05, 0.1) is 13.2 Å². The molecule has 21 heavy (non-hydrogen) atoms. The first-order valence-corrected chi connectivity index (χ1v) is 7.01. The predicted octanol–water partition coefficient (Wildman–Crippen LogP) is 3.24. The largest absolute Gasteiger partial charge is 0.497 e. The summed E-state index contributed by atoms with van der Waals surface area (Å²) >= 11 is 5.85. The summed E-state index contributed by atoms with van der Waals surface area (Å²) in [5.41, 5.74) is 4.96. The molecular formula is C16H19ClN2O2. The summed E-state index contributed by atoms with van der Waals surface area (Å²) < 4.78 is 11.0. The molecule has 2 aromatic rings. The molecule has 0 aliphatic carbocycles. The summed E-state index contributed by atoms with van der Waals surface area (Å²) in [6.45, 7) is 2.44. The monoisotopic (exact) mass is 306 g/mol. The highest BCUT2D eigenvalue weighted by Gasteiger charge is 2.13. The van der Waals surface area contributed by atoms with E-state index >= 15 is 0 Å². The summed E-state index contributed by atoms with van der Waals surface area (Å²) in [6.07, 6.45) is 0. The molecular weight excluding hydrogens is 288 g/mol. The third-order valence-electron chi connectivity index (χ3n) is 3.28. The van der Waals surface area contributed by atoms with E-state index < -0.39 is 0 Å². The van der Waals surface area contributed by atoms with Crippen molar-refractivity contribution in [1.82, 2.24) is 5.43 Å². The lowest BCUT2D eigenvalue weighted by Crippen LogP contribution is -2.32. The van der Waals surface area contributed by atoms with E-state index in [2.05, 4.69) is 5.43 Å². The van der Waals surface area contributed by atoms with Gasteiger partial charge in [-0.3, -0.25) is 5.84 Å². The topological polar surface area (TPSA) is 56.5 Å². The zero-order chi connectivity index (χ0) is 15.2. The number of hydrogen-bond acceptors (Lipinski definition) is 4. The van der Waals surface area contributed by atoms with Crippen LogP contribution in [0.4, 0.5) is 0 Å². The van der Waals surface area contributed by atoms with E-state index in [0.29, 0.717) is 11.6 Å². The second-order valence-corrected chi connectivity index (χ2v) is 5.14. The molecule has 4 nitrogen and oxygen atoms in total. The fourth-order valence-electron chi connectivity index (χ4n) is 2.10. The lowest BCUT2D eigenvalue weighted by Gasteiger charge is -2.19. The molecule has 0 saturated carbocycles. The number of benzene rings is 2. The van der Waals surface area contributed by atoms with Crippen molar-refractivity contribution in [3.8, 4) is 11.5 Å². The van der Waals surface area contributed by atoms with Crippen molar-refractivity contribution in [2.75, 3.05) is 13.7 Å². The Balaban J connectivity index is 2.07. The van der Waals surface area contributed by atoms with Crippen LogP contribution in [0.5, 0.6) is 11.5 Å². The number of hydrazine groups is 1. The van der Waals surface area contributed by atoms with E-state index in [4.69, 9.17) is 26.9 Å². The summed E-state index contributed by atoms with van der Waals surface area (Å²) in [5.74, 6) is 7.23. The first-order chi connectivity index (χ1) is 10.1. The molecule has 0 aliphatic rings. The molecule has 0 bridgehead atoms. The van der Waals surface area contributed by atoms with E-state index in [1.165, 1.54) is 0 Å². The quantitative estimate of drug-likeness (QED) is 0.635. The number of aryl methyl sites for hydroxylation is 1. The highest BCUT2D eigenvalue weighted by molar-refractivity contribution is 6.30. The summed E-state index contributed by atoms with van der Waals surface area (Å²) in [6, 6.07) is 13.0. The molecule has 0 fully saturated rings. The van der Waals surface area contributed by atoms with Gasteiger partial charge in [0.1, 0.15) is 18.1 Å². The maximum absolute atomic E-state index is 5.85. The van der Waals surface area contributed by atoms with Crippen molar-refractivity contribution in [1.29, 1.82) is 0 Å². The maximum atomic E-state index is 5.85. The molecule has 0 amide bonds. The SMILES string of the molecule is COc1ccc(C(COc2ccc(Cl)cc2)NN)c(C)c1. The van der Waals surface area contributed by atoms with Gasteiger partial charge in [-0.15, -0.1) is 0 Å². The maximum Gasteiger partial charge on any atom is 0.119 e. The Kier molecular flexibility index (Phi) is 5.44. The second kappa shape index (κ2) is 7.31. The molecule has 0 saturated heterocycles.